The number of carbonyl (C=O) groups is 3. The highest BCUT2D eigenvalue weighted by Gasteiger charge is 2.37. The topological polar surface area (TPSA) is 96.4 Å². The van der Waals surface area contributed by atoms with Crippen LogP contribution in [-0.4, -0.2) is 59.6 Å². The minimum Gasteiger partial charge on any atom is -0.490 e. The number of ether oxygens (including phenoxy) is 2. The maximum Gasteiger partial charge on any atom is 0.337 e. The number of carboxylic acid groups (broad SMARTS) is 1. The number of carbonyl (C=O) groups excluding carboxylic acids is 2. The third kappa shape index (κ3) is 6.25. The number of aryl methyl sites for hydroxylation is 1. The van der Waals surface area contributed by atoms with Gasteiger partial charge in [-0.25, -0.2) is 9.18 Å². The molecule has 1 fully saturated rings. The van der Waals surface area contributed by atoms with Gasteiger partial charge in [-0.15, -0.1) is 0 Å². The first kappa shape index (κ1) is 32.7. The second-order valence-corrected chi connectivity index (χ2v) is 13.9. The van der Waals surface area contributed by atoms with Crippen molar-refractivity contribution in [3.63, 3.8) is 0 Å². The number of carboxylic acids is 1. The Balaban J connectivity index is 1.45. The van der Waals surface area contributed by atoms with Gasteiger partial charge in [-0.1, -0.05) is 0 Å². The SMILES string of the molecule is Cc1cc2c(c(-c3cc(F)c4c(c3C)CCCO4)c1[C@H](OC(C)(C)C)C(=O)O)CCN2C(=O)c1ccc(C(=O)N2CCCCC2)cc1. The average molecular weight is 643 g/mol. The van der Waals surface area contributed by atoms with E-state index in [9.17, 15) is 19.5 Å². The fraction of sp³-hybridized carbons (Fsp3) is 0.447. The molecule has 0 saturated carbocycles. The van der Waals surface area contributed by atoms with Crippen molar-refractivity contribution < 1.29 is 33.4 Å². The van der Waals surface area contributed by atoms with Gasteiger partial charge in [0.2, 0.25) is 0 Å². The van der Waals surface area contributed by atoms with Crippen molar-refractivity contribution in [2.75, 3.05) is 31.1 Å². The number of piperidine rings is 1. The molecule has 9 heteroatoms. The Hall–Kier alpha value is -4.24. The highest BCUT2D eigenvalue weighted by Crippen LogP contribution is 2.48. The molecule has 3 aromatic carbocycles. The van der Waals surface area contributed by atoms with Gasteiger partial charge in [-0.05, 0) is 137 Å². The molecule has 3 heterocycles. The maximum atomic E-state index is 15.7. The number of amides is 2. The molecule has 0 aromatic heterocycles. The minimum absolute atomic E-state index is 0.0217. The van der Waals surface area contributed by atoms with E-state index in [0.29, 0.717) is 65.1 Å². The van der Waals surface area contributed by atoms with E-state index in [1.54, 1.807) is 49.9 Å². The van der Waals surface area contributed by atoms with Gasteiger partial charge < -0.3 is 24.4 Å². The van der Waals surface area contributed by atoms with Crippen molar-refractivity contribution in [1.82, 2.24) is 4.90 Å². The van der Waals surface area contributed by atoms with E-state index in [0.717, 1.165) is 55.5 Å². The molecule has 0 aliphatic carbocycles. The van der Waals surface area contributed by atoms with Crippen molar-refractivity contribution >= 4 is 23.5 Å². The summed E-state index contributed by atoms with van der Waals surface area (Å²) in [6.07, 6.45) is 3.67. The zero-order chi connectivity index (χ0) is 33.6. The Morgan fingerprint density at radius 2 is 1.55 bits per heavy atom. The number of likely N-dealkylation sites (tertiary alicyclic amines) is 1. The molecule has 1 N–H and O–H groups in total. The summed E-state index contributed by atoms with van der Waals surface area (Å²) in [5, 5.41) is 10.5. The fourth-order valence-electron chi connectivity index (χ4n) is 7.25. The molecule has 6 rings (SSSR count). The molecule has 1 saturated heterocycles. The van der Waals surface area contributed by atoms with Crippen molar-refractivity contribution in [3.8, 4) is 16.9 Å². The molecule has 0 spiro atoms. The molecule has 3 aliphatic heterocycles. The summed E-state index contributed by atoms with van der Waals surface area (Å²) >= 11 is 0. The van der Waals surface area contributed by atoms with Crippen molar-refractivity contribution in [3.05, 3.63) is 81.2 Å². The van der Waals surface area contributed by atoms with Crippen LogP contribution in [0.4, 0.5) is 10.1 Å². The van der Waals surface area contributed by atoms with E-state index in [1.807, 2.05) is 24.8 Å². The number of benzene rings is 3. The quantitative estimate of drug-likeness (QED) is 0.306. The second kappa shape index (κ2) is 12.8. The number of hydrogen-bond acceptors (Lipinski definition) is 5. The Morgan fingerprint density at radius 1 is 0.894 bits per heavy atom. The van der Waals surface area contributed by atoms with Crippen LogP contribution in [0.25, 0.3) is 11.1 Å². The first-order valence-corrected chi connectivity index (χ1v) is 16.6. The van der Waals surface area contributed by atoms with Gasteiger partial charge >= 0.3 is 5.97 Å². The van der Waals surface area contributed by atoms with Gasteiger partial charge in [0.25, 0.3) is 11.8 Å². The van der Waals surface area contributed by atoms with Crippen LogP contribution in [0.1, 0.15) is 101 Å². The summed E-state index contributed by atoms with van der Waals surface area (Å²) in [5.41, 5.74) is 5.54. The Bertz CT molecular complexity index is 1740. The largest absolute Gasteiger partial charge is 0.490 e. The first-order valence-electron chi connectivity index (χ1n) is 16.6. The van der Waals surface area contributed by atoms with Crippen LogP contribution in [0, 0.1) is 19.7 Å². The number of hydrogen-bond donors (Lipinski definition) is 1. The van der Waals surface area contributed by atoms with Crippen LogP contribution in [0.5, 0.6) is 5.75 Å². The Kier molecular flexibility index (Phi) is 8.87. The summed E-state index contributed by atoms with van der Waals surface area (Å²) in [5.74, 6) is -1.63. The van der Waals surface area contributed by atoms with E-state index in [2.05, 4.69) is 0 Å². The van der Waals surface area contributed by atoms with Gasteiger partial charge in [0, 0.05) is 47.6 Å². The molecule has 3 aromatic rings. The van der Waals surface area contributed by atoms with Crippen molar-refractivity contribution in [2.45, 2.75) is 84.8 Å². The van der Waals surface area contributed by atoms with Crippen LogP contribution in [0.2, 0.25) is 0 Å². The Labute approximate surface area is 275 Å². The van der Waals surface area contributed by atoms with Gasteiger partial charge in [0.05, 0.1) is 12.2 Å². The monoisotopic (exact) mass is 642 g/mol. The van der Waals surface area contributed by atoms with E-state index in [-0.39, 0.29) is 17.6 Å². The molecule has 47 heavy (non-hydrogen) atoms. The lowest BCUT2D eigenvalue weighted by molar-refractivity contribution is -0.160. The predicted molar refractivity (Wildman–Crippen MR) is 178 cm³/mol. The summed E-state index contributed by atoms with van der Waals surface area (Å²) in [6.45, 7) is 11.5. The fourth-order valence-corrected chi connectivity index (χ4v) is 7.25. The van der Waals surface area contributed by atoms with E-state index >= 15 is 4.39 Å². The van der Waals surface area contributed by atoms with Gasteiger partial charge in [-0.3, -0.25) is 9.59 Å². The number of nitrogens with zero attached hydrogens (tertiary/aromatic N) is 2. The molecule has 0 radical (unpaired) electrons. The lowest BCUT2D eigenvalue weighted by atomic mass is 9.83. The van der Waals surface area contributed by atoms with Crippen LogP contribution in [-0.2, 0) is 22.4 Å². The standard InChI is InChI=1S/C38H43FN2O6/c1-22-20-30-27(15-18-41(30)36(43)25-13-11-24(12-14-25)35(42)40-16-7-6-8-17-40)32(31(22)34(37(44)45)47-38(3,4)5)28-21-29(39)33-26(23(28)2)10-9-19-46-33/h11-14,20-21,34H,6-10,15-19H2,1-5H3,(H,44,45)/t34-/m0/s1. The zero-order valence-electron chi connectivity index (χ0n) is 27.9. The van der Waals surface area contributed by atoms with Crippen LogP contribution in [0.15, 0.2) is 36.4 Å². The normalized spacial score (nSPS) is 16.7. The molecule has 0 bridgehead atoms. The smallest absolute Gasteiger partial charge is 0.337 e. The van der Waals surface area contributed by atoms with Gasteiger partial charge in [-0.2, -0.15) is 0 Å². The summed E-state index contributed by atoms with van der Waals surface area (Å²) in [7, 11) is 0. The van der Waals surface area contributed by atoms with Crippen LogP contribution < -0.4 is 9.64 Å². The predicted octanol–water partition coefficient (Wildman–Crippen LogP) is 7.20. The molecule has 2 amide bonds. The minimum atomic E-state index is -1.32. The Morgan fingerprint density at radius 3 is 2.19 bits per heavy atom. The highest BCUT2D eigenvalue weighted by molar-refractivity contribution is 6.09. The molecular formula is C38H43FN2O6. The summed E-state index contributed by atoms with van der Waals surface area (Å²) < 4.78 is 27.6. The van der Waals surface area contributed by atoms with E-state index in [4.69, 9.17) is 9.47 Å². The molecule has 1 atom stereocenters. The zero-order valence-corrected chi connectivity index (χ0v) is 27.9. The van der Waals surface area contributed by atoms with Crippen molar-refractivity contribution in [1.29, 1.82) is 0 Å². The van der Waals surface area contributed by atoms with E-state index in [1.165, 1.54) is 6.07 Å². The highest BCUT2D eigenvalue weighted by atomic mass is 19.1. The molecular weight excluding hydrogens is 599 g/mol. The number of anilines is 1. The summed E-state index contributed by atoms with van der Waals surface area (Å²) in [6, 6.07) is 10.1. The van der Waals surface area contributed by atoms with Crippen LogP contribution >= 0.6 is 0 Å². The number of rotatable bonds is 6. The number of halogens is 1. The number of aliphatic carboxylic acids is 1. The molecule has 248 valence electrons. The molecule has 8 nitrogen and oxygen atoms in total. The van der Waals surface area contributed by atoms with E-state index < -0.39 is 23.5 Å². The van der Waals surface area contributed by atoms with Gasteiger partial charge in [0.1, 0.15) is 0 Å². The van der Waals surface area contributed by atoms with Crippen LogP contribution in [0.3, 0.4) is 0 Å². The summed E-state index contributed by atoms with van der Waals surface area (Å²) in [4.78, 5) is 43.4. The lowest BCUT2D eigenvalue weighted by Gasteiger charge is -2.30. The third-order valence-corrected chi connectivity index (χ3v) is 9.47. The molecule has 3 aliphatic rings. The number of fused-ring (bicyclic) bond motifs is 2. The average Bonchev–Trinajstić information content (AvgIpc) is 3.47. The lowest BCUT2D eigenvalue weighted by Crippen LogP contribution is -2.35. The molecule has 0 unspecified atom stereocenters. The van der Waals surface area contributed by atoms with Gasteiger partial charge in [0.15, 0.2) is 17.7 Å². The van der Waals surface area contributed by atoms with Crippen molar-refractivity contribution in [2.24, 2.45) is 0 Å². The third-order valence-electron chi connectivity index (χ3n) is 9.47. The second-order valence-electron chi connectivity index (χ2n) is 13.9. The first-order chi connectivity index (χ1) is 22.4. The maximum absolute atomic E-state index is 15.7.